The highest BCUT2D eigenvalue weighted by molar-refractivity contribution is 6.15. The van der Waals surface area contributed by atoms with Gasteiger partial charge >= 0.3 is 5.97 Å². The van der Waals surface area contributed by atoms with Gasteiger partial charge in [-0.05, 0) is 106 Å². The van der Waals surface area contributed by atoms with E-state index in [1.807, 2.05) is 19.1 Å². The van der Waals surface area contributed by atoms with Crippen molar-refractivity contribution in [1.29, 1.82) is 0 Å². The molecule has 54 heavy (non-hydrogen) atoms. The van der Waals surface area contributed by atoms with Crippen molar-refractivity contribution in [3.63, 3.8) is 0 Å². The van der Waals surface area contributed by atoms with Gasteiger partial charge in [0, 0.05) is 74.1 Å². The van der Waals surface area contributed by atoms with Crippen molar-refractivity contribution in [2.75, 3.05) is 13.2 Å². The molecule has 5 heterocycles. The predicted octanol–water partition coefficient (Wildman–Crippen LogP) is 8.06. The summed E-state index contributed by atoms with van der Waals surface area (Å²) in [7, 11) is 0. The van der Waals surface area contributed by atoms with Crippen LogP contribution in [0.1, 0.15) is 141 Å². The van der Waals surface area contributed by atoms with Crippen molar-refractivity contribution in [2.45, 2.75) is 107 Å². The maximum atomic E-state index is 14.1. The number of ether oxygens (including phenoxy) is 1. The predicted molar refractivity (Wildman–Crippen MR) is 220 cm³/mol. The molecule has 1 aliphatic carbocycles. The lowest BCUT2D eigenvalue weighted by molar-refractivity contribution is -0.142. The molecule has 1 fully saturated rings. The van der Waals surface area contributed by atoms with Crippen LogP contribution in [0.3, 0.4) is 0 Å². The van der Waals surface area contributed by atoms with E-state index in [0.29, 0.717) is 12.0 Å². The minimum Gasteiger partial charge on any atom is -0.461 e. The molecular formula is C46H60N4O4. The number of aromatic amines is 3. The van der Waals surface area contributed by atoms with Crippen LogP contribution in [0.2, 0.25) is 0 Å². The Hall–Kier alpha value is -4.56. The summed E-state index contributed by atoms with van der Waals surface area (Å²) in [4.78, 5) is 38.3. The van der Waals surface area contributed by atoms with Crippen molar-refractivity contribution >= 4 is 41.6 Å². The van der Waals surface area contributed by atoms with Gasteiger partial charge in [-0.1, -0.05) is 65.2 Å². The smallest absolute Gasteiger partial charge is 0.306 e. The van der Waals surface area contributed by atoms with Crippen LogP contribution in [0.25, 0.3) is 29.9 Å². The SMILES string of the molecule is C=Cc1c2[nH]c(c1C)/C=C1\N/C(=C3\c4[nH]c(c(C)c4C(=O)[C@@H]3CO)/C=c3\[nH]/c(c(C)c3CC)=C\2)[C@@H](CCC(=O)OC/C=C(\C)CCC[C@H](C)CCC)[C@@H]1C. The molecule has 0 unspecified atom stereocenters. The molecular weight excluding hydrogens is 673 g/mol. The minimum atomic E-state index is -0.703. The zero-order valence-electron chi connectivity index (χ0n) is 33.6. The molecule has 8 heteroatoms. The molecule has 0 saturated carbocycles. The third-order valence-corrected chi connectivity index (χ3v) is 12.3. The number of hydrogen-bond acceptors (Lipinski definition) is 5. The zero-order chi connectivity index (χ0) is 38.8. The third kappa shape index (κ3) is 7.42. The van der Waals surface area contributed by atoms with Crippen molar-refractivity contribution in [3.05, 3.63) is 96.5 Å². The van der Waals surface area contributed by atoms with Crippen LogP contribution in [-0.4, -0.2) is 45.0 Å². The lowest BCUT2D eigenvalue weighted by atomic mass is 9.85. The zero-order valence-corrected chi connectivity index (χ0v) is 33.6. The number of Topliss-reactive ketones (excluding diaryl/α,β-unsaturated/α-hetero) is 1. The Labute approximate surface area is 320 Å². The first-order valence-electron chi connectivity index (χ1n) is 20.1. The van der Waals surface area contributed by atoms with Gasteiger partial charge in [-0.3, -0.25) is 9.59 Å². The number of aliphatic hydroxyl groups excluding tert-OH is 1. The number of aromatic nitrogens is 3. The van der Waals surface area contributed by atoms with Crippen molar-refractivity contribution in [1.82, 2.24) is 20.3 Å². The number of esters is 1. The molecule has 0 aromatic carbocycles. The van der Waals surface area contributed by atoms with Gasteiger partial charge in [0.1, 0.15) is 6.61 Å². The molecule has 4 atom stereocenters. The molecule has 8 bridgehead atoms. The Kier molecular flexibility index (Phi) is 11.9. The first-order chi connectivity index (χ1) is 25.9. The molecule has 3 aromatic rings. The Bertz CT molecular complexity index is 2170. The van der Waals surface area contributed by atoms with Crippen molar-refractivity contribution in [3.8, 4) is 0 Å². The quantitative estimate of drug-likeness (QED) is 0.0848. The standard InChI is InChI=1S/C46H60N4O4/c1-10-14-25(4)15-13-16-26(5)19-20-54-41(52)18-17-33-29(8)37-21-35-27(6)31(11-2)39(47-35)22-36-28(7)32(12-3)40(48-36)23-38-30(9)42-45(50-38)43(44(33)49-37)34(24-51)46(42)53/h11,19,21-23,25,29,33-34,47-51H,2,10,12-18,20,24H2,1,3-9H3/b26-19+,36-22-,37-21-,40-23-,44-43-/t25-,29+,33+,34-/m1/s1. The molecule has 5 N–H and O–H groups in total. The fourth-order valence-corrected chi connectivity index (χ4v) is 9.01. The number of aliphatic hydroxyl groups is 1. The number of H-pyrrole nitrogens is 3. The van der Waals surface area contributed by atoms with Crippen LogP contribution in [0.15, 0.2) is 29.6 Å². The van der Waals surface area contributed by atoms with E-state index in [0.717, 1.165) is 92.3 Å². The van der Waals surface area contributed by atoms with E-state index in [2.05, 4.69) is 93.5 Å². The summed E-state index contributed by atoms with van der Waals surface area (Å²) in [5, 5.41) is 16.5. The number of allylic oxidation sites excluding steroid dienone is 3. The van der Waals surface area contributed by atoms with Gasteiger partial charge in [-0.2, -0.15) is 0 Å². The second-order valence-corrected chi connectivity index (χ2v) is 15.9. The summed E-state index contributed by atoms with van der Waals surface area (Å²) in [6, 6.07) is 0. The highest BCUT2D eigenvalue weighted by atomic mass is 16.5. The summed E-state index contributed by atoms with van der Waals surface area (Å²) in [6.07, 6.45) is 17.9. The van der Waals surface area contributed by atoms with Crippen molar-refractivity contribution < 1.29 is 19.4 Å². The molecule has 288 valence electrons. The van der Waals surface area contributed by atoms with Gasteiger partial charge in [0.15, 0.2) is 5.78 Å². The average molecular weight is 733 g/mol. The molecule has 1 saturated heterocycles. The Morgan fingerprint density at radius 1 is 0.981 bits per heavy atom. The second kappa shape index (κ2) is 16.4. The molecule has 0 radical (unpaired) electrons. The van der Waals surface area contributed by atoms with Crippen LogP contribution in [-0.2, 0) is 16.0 Å². The molecule has 0 amide bonds. The largest absolute Gasteiger partial charge is 0.461 e. The summed E-state index contributed by atoms with van der Waals surface area (Å²) in [5.74, 6) is -0.386. The van der Waals surface area contributed by atoms with E-state index in [1.54, 1.807) is 0 Å². The fraction of sp³-hybridized carbons (Fsp3) is 0.478. The maximum Gasteiger partial charge on any atom is 0.306 e. The Balaban J connectivity index is 1.38. The lowest BCUT2D eigenvalue weighted by Crippen LogP contribution is -2.20. The number of nitrogens with one attached hydrogen (secondary N) is 4. The maximum absolute atomic E-state index is 14.1. The van der Waals surface area contributed by atoms with Crippen LogP contribution in [0.4, 0.5) is 0 Å². The molecule has 3 aliphatic rings. The van der Waals surface area contributed by atoms with E-state index >= 15 is 0 Å². The summed E-state index contributed by atoms with van der Waals surface area (Å²) in [5.41, 5.74) is 13.5. The van der Waals surface area contributed by atoms with E-state index in [9.17, 15) is 14.7 Å². The highest BCUT2D eigenvalue weighted by Crippen LogP contribution is 2.47. The van der Waals surface area contributed by atoms with Gasteiger partial charge in [-0.25, -0.2) is 0 Å². The Morgan fingerprint density at radius 3 is 2.43 bits per heavy atom. The summed E-state index contributed by atoms with van der Waals surface area (Å²) in [6.45, 7) is 21.4. The second-order valence-electron chi connectivity index (χ2n) is 15.9. The number of ketones is 1. The van der Waals surface area contributed by atoms with Crippen LogP contribution in [0.5, 0.6) is 0 Å². The molecule has 0 spiro atoms. The van der Waals surface area contributed by atoms with E-state index < -0.39 is 5.92 Å². The van der Waals surface area contributed by atoms with Crippen LogP contribution >= 0.6 is 0 Å². The van der Waals surface area contributed by atoms with Gasteiger partial charge < -0.3 is 30.1 Å². The number of fused-ring (bicyclic) bond motifs is 7. The first kappa shape index (κ1) is 39.1. The van der Waals surface area contributed by atoms with E-state index in [1.165, 1.54) is 36.0 Å². The van der Waals surface area contributed by atoms with E-state index in [4.69, 9.17) is 4.74 Å². The fourth-order valence-electron chi connectivity index (χ4n) is 9.01. The lowest BCUT2D eigenvalue weighted by Gasteiger charge is -2.19. The first-order valence-corrected chi connectivity index (χ1v) is 20.1. The molecule has 3 aromatic heterocycles. The number of hydrogen-bond donors (Lipinski definition) is 5. The number of carbonyl (C=O) groups is 2. The normalized spacial score (nSPS) is 23.3. The summed E-state index contributed by atoms with van der Waals surface area (Å²) < 4.78 is 5.73. The Morgan fingerprint density at radius 2 is 1.72 bits per heavy atom. The minimum absolute atomic E-state index is 0.00368. The highest BCUT2D eigenvalue weighted by Gasteiger charge is 2.44. The van der Waals surface area contributed by atoms with Crippen molar-refractivity contribution in [2.24, 2.45) is 23.7 Å². The summed E-state index contributed by atoms with van der Waals surface area (Å²) >= 11 is 0. The molecule has 2 aliphatic heterocycles. The third-order valence-electron chi connectivity index (χ3n) is 12.3. The average Bonchev–Trinajstić information content (AvgIpc) is 3.87. The number of rotatable bonds is 14. The van der Waals surface area contributed by atoms with Gasteiger partial charge in [0.25, 0.3) is 0 Å². The van der Waals surface area contributed by atoms with Gasteiger partial charge in [-0.15, -0.1) is 0 Å². The monoisotopic (exact) mass is 732 g/mol. The molecule has 8 nitrogen and oxygen atoms in total. The van der Waals surface area contributed by atoms with Gasteiger partial charge in [0.05, 0.1) is 18.2 Å². The topological polar surface area (TPSA) is 123 Å². The molecule has 6 rings (SSSR count). The van der Waals surface area contributed by atoms with Crippen LogP contribution in [0, 0.1) is 44.4 Å². The van der Waals surface area contributed by atoms with Crippen LogP contribution < -0.4 is 16.0 Å². The van der Waals surface area contributed by atoms with E-state index in [-0.39, 0.29) is 43.2 Å². The number of carbonyl (C=O) groups excluding carboxylic acids is 2. The van der Waals surface area contributed by atoms with Gasteiger partial charge in [0.2, 0.25) is 0 Å².